The van der Waals surface area contributed by atoms with Crippen LogP contribution in [0.15, 0.2) is 60.7 Å². The van der Waals surface area contributed by atoms with E-state index in [0.29, 0.717) is 0 Å². The van der Waals surface area contributed by atoms with Gasteiger partial charge in [-0.2, -0.15) is 0 Å². The lowest BCUT2D eigenvalue weighted by Crippen LogP contribution is -2.22. The summed E-state index contributed by atoms with van der Waals surface area (Å²) in [5.74, 6) is -0.949. The van der Waals surface area contributed by atoms with Crippen LogP contribution in [-0.2, 0) is 9.59 Å². The van der Waals surface area contributed by atoms with Gasteiger partial charge in [-0.05, 0) is 18.1 Å². The fraction of sp³-hybridized carbons (Fsp3) is 0.176. The number of carbonyl (C=O) groups is 2. The lowest BCUT2D eigenvalue weighted by atomic mass is 9.79. The minimum absolute atomic E-state index is 0.104. The van der Waals surface area contributed by atoms with Crippen LogP contribution >= 0.6 is 0 Å². The second kappa shape index (κ2) is 6.10. The highest BCUT2D eigenvalue weighted by atomic mass is 16.1. The molecule has 2 heteroatoms. The van der Waals surface area contributed by atoms with E-state index in [9.17, 15) is 9.59 Å². The topological polar surface area (TPSA) is 34.1 Å². The van der Waals surface area contributed by atoms with Gasteiger partial charge in [-0.15, -0.1) is 0 Å². The van der Waals surface area contributed by atoms with Crippen molar-refractivity contribution in [3.05, 3.63) is 71.8 Å². The first kappa shape index (κ1) is 13.2. The highest BCUT2D eigenvalue weighted by Gasteiger charge is 2.27. The number of hydrogen-bond donors (Lipinski definition) is 0. The molecule has 0 radical (unpaired) electrons. The van der Waals surface area contributed by atoms with Gasteiger partial charge in [0, 0.05) is 5.92 Å². The largest absolute Gasteiger partial charge is 0.303 e. The van der Waals surface area contributed by atoms with E-state index in [1.165, 1.54) is 6.92 Å². The summed E-state index contributed by atoms with van der Waals surface area (Å²) in [5.41, 5.74) is 1.97. The molecule has 2 aromatic rings. The summed E-state index contributed by atoms with van der Waals surface area (Å²) < 4.78 is 0. The van der Waals surface area contributed by atoms with Crippen LogP contribution in [0.5, 0.6) is 0 Å². The molecule has 2 aromatic carbocycles. The van der Waals surface area contributed by atoms with Crippen LogP contribution in [0, 0.1) is 5.92 Å². The van der Waals surface area contributed by atoms with Crippen molar-refractivity contribution >= 4 is 12.1 Å². The molecule has 0 aromatic heterocycles. The molecule has 96 valence electrons. The van der Waals surface area contributed by atoms with Crippen molar-refractivity contribution in [1.82, 2.24) is 0 Å². The Balaban J connectivity index is 2.51. The van der Waals surface area contributed by atoms with Crippen molar-refractivity contribution in [3.63, 3.8) is 0 Å². The molecule has 0 aliphatic heterocycles. The van der Waals surface area contributed by atoms with Gasteiger partial charge in [0.2, 0.25) is 0 Å². The Labute approximate surface area is 113 Å². The highest BCUT2D eigenvalue weighted by molar-refractivity contribution is 5.93. The van der Waals surface area contributed by atoms with E-state index < -0.39 is 5.92 Å². The number of carbonyl (C=O) groups excluding carboxylic acids is 2. The maximum Gasteiger partial charge on any atom is 0.140 e. The number of aldehydes is 1. The van der Waals surface area contributed by atoms with Gasteiger partial charge in [0.15, 0.2) is 0 Å². The van der Waals surface area contributed by atoms with Gasteiger partial charge in [-0.25, -0.2) is 0 Å². The lowest BCUT2D eigenvalue weighted by molar-refractivity contribution is -0.126. The molecule has 1 atom stereocenters. The summed E-state index contributed by atoms with van der Waals surface area (Å²) in [4.78, 5) is 23.0. The van der Waals surface area contributed by atoms with Crippen molar-refractivity contribution in [2.24, 2.45) is 5.92 Å². The molecule has 0 saturated heterocycles. The van der Waals surface area contributed by atoms with Crippen LogP contribution in [-0.4, -0.2) is 12.1 Å². The van der Waals surface area contributed by atoms with Crippen molar-refractivity contribution in [1.29, 1.82) is 0 Å². The average Bonchev–Trinajstić information content (AvgIpc) is 2.46. The quantitative estimate of drug-likeness (QED) is 0.605. The van der Waals surface area contributed by atoms with Crippen molar-refractivity contribution in [2.45, 2.75) is 12.8 Å². The normalized spacial score (nSPS) is 12.1. The van der Waals surface area contributed by atoms with Gasteiger partial charge in [0.05, 0.1) is 5.92 Å². The van der Waals surface area contributed by atoms with Crippen LogP contribution in [0.3, 0.4) is 0 Å². The molecule has 0 heterocycles. The molecule has 1 unspecified atom stereocenters. The molecule has 0 N–H and O–H groups in total. The number of hydrogen-bond acceptors (Lipinski definition) is 2. The van der Waals surface area contributed by atoms with E-state index in [4.69, 9.17) is 0 Å². The summed E-state index contributed by atoms with van der Waals surface area (Å²) in [6.45, 7) is 1.47. The van der Waals surface area contributed by atoms with E-state index in [1.807, 2.05) is 60.7 Å². The highest BCUT2D eigenvalue weighted by Crippen LogP contribution is 2.31. The van der Waals surface area contributed by atoms with Gasteiger partial charge in [0.25, 0.3) is 0 Å². The van der Waals surface area contributed by atoms with Gasteiger partial charge in [0.1, 0.15) is 12.1 Å². The summed E-state index contributed by atoms with van der Waals surface area (Å²) in [6.07, 6.45) is 0.757. The molecular weight excluding hydrogens is 236 g/mol. The smallest absolute Gasteiger partial charge is 0.140 e. The fourth-order valence-corrected chi connectivity index (χ4v) is 2.34. The average molecular weight is 252 g/mol. The molecule has 0 saturated carbocycles. The summed E-state index contributed by atoms with van der Waals surface area (Å²) >= 11 is 0. The SMILES string of the molecule is CC(=O)C(C=O)C(c1ccccc1)c1ccccc1. The molecule has 2 nitrogen and oxygen atoms in total. The summed E-state index contributed by atoms with van der Waals surface area (Å²) in [6, 6.07) is 19.4. The van der Waals surface area contributed by atoms with E-state index in [-0.39, 0.29) is 11.7 Å². The van der Waals surface area contributed by atoms with E-state index in [1.54, 1.807) is 0 Å². The van der Waals surface area contributed by atoms with Crippen LogP contribution < -0.4 is 0 Å². The Morgan fingerprint density at radius 1 is 0.895 bits per heavy atom. The second-order valence-electron chi connectivity index (χ2n) is 4.57. The zero-order valence-electron chi connectivity index (χ0n) is 10.8. The molecule has 0 spiro atoms. The molecule has 0 bridgehead atoms. The molecule has 0 amide bonds. The zero-order valence-corrected chi connectivity index (χ0v) is 10.8. The Morgan fingerprint density at radius 3 is 1.63 bits per heavy atom. The first-order valence-electron chi connectivity index (χ1n) is 6.29. The van der Waals surface area contributed by atoms with Crippen molar-refractivity contribution in [2.75, 3.05) is 0 Å². The third kappa shape index (κ3) is 2.97. The van der Waals surface area contributed by atoms with Crippen LogP contribution in [0.2, 0.25) is 0 Å². The number of rotatable bonds is 5. The van der Waals surface area contributed by atoms with Crippen molar-refractivity contribution in [3.8, 4) is 0 Å². The Bertz CT molecular complexity index is 506. The van der Waals surface area contributed by atoms with E-state index >= 15 is 0 Å². The van der Waals surface area contributed by atoms with Gasteiger partial charge in [-0.1, -0.05) is 60.7 Å². The molecule has 19 heavy (non-hydrogen) atoms. The maximum atomic E-state index is 11.7. The molecule has 0 fully saturated rings. The Kier molecular flexibility index (Phi) is 4.24. The first-order chi connectivity index (χ1) is 9.24. The Morgan fingerprint density at radius 2 is 1.32 bits per heavy atom. The first-order valence-corrected chi connectivity index (χ1v) is 6.29. The monoisotopic (exact) mass is 252 g/mol. The summed E-state index contributed by atoms with van der Waals surface area (Å²) in [5, 5.41) is 0. The number of benzene rings is 2. The van der Waals surface area contributed by atoms with E-state index in [0.717, 1.165) is 17.4 Å². The zero-order chi connectivity index (χ0) is 13.7. The third-order valence-corrected chi connectivity index (χ3v) is 3.29. The summed E-state index contributed by atoms with van der Waals surface area (Å²) in [7, 11) is 0. The second-order valence-corrected chi connectivity index (χ2v) is 4.57. The minimum Gasteiger partial charge on any atom is -0.303 e. The van der Waals surface area contributed by atoms with E-state index in [2.05, 4.69) is 0 Å². The van der Waals surface area contributed by atoms with Crippen LogP contribution in [0.4, 0.5) is 0 Å². The predicted molar refractivity (Wildman–Crippen MR) is 75.0 cm³/mol. The fourth-order valence-electron chi connectivity index (χ4n) is 2.34. The van der Waals surface area contributed by atoms with Gasteiger partial charge >= 0.3 is 0 Å². The lowest BCUT2D eigenvalue weighted by Gasteiger charge is -2.22. The van der Waals surface area contributed by atoms with Crippen molar-refractivity contribution < 1.29 is 9.59 Å². The molecule has 2 rings (SSSR count). The minimum atomic E-state index is -0.634. The number of Topliss-reactive ketones (excluding diaryl/α,β-unsaturated/α-hetero) is 1. The Hall–Kier alpha value is -2.22. The maximum absolute atomic E-state index is 11.7. The molecule has 0 aliphatic rings. The third-order valence-electron chi connectivity index (χ3n) is 3.29. The van der Waals surface area contributed by atoms with Crippen LogP contribution in [0.25, 0.3) is 0 Å². The van der Waals surface area contributed by atoms with Gasteiger partial charge < -0.3 is 4.79 Å². The van der Waals surface area contributed by atoms with Crippen LogP contribution in [0.1, 0.15) is 24.0 Å². The molecular formula is C17H16O2. The number of ketones is 1. The predicted octanol–water partition coefficient (Wildman–Crippen LogP) is 3.22. The van der Waals surface area contributed by atoms with Gasteiger partial charge in [-0.3, -0.25) is 4.79 Å². The standard InChI is InChI=1S/C17H16O2/c1-13(19)16(12-18)17(14-8-4-2-5-9-14)15-10-6-3-7-11-15/h2-12,16-17H,1H3. The molecule has 0 aliphatic carbocycles.